The van der Waals surface area contributed by atoms with E-state index in [2.05, 4.69) is 15.9 Å². The molecule has 1 N–H and O–H groups in total. The van der Waals surface area contributed by atoms with Crippen molar-refractivity contribution in [3.63, 3.8) is 0 Å². The Bertz CT molecular complexity index is 557. The molecule has 3 nitrogen and oxygen atoms in total. The summed E-state index contributed by atoms with van der Waals surface area (Å²) in [4.78, 5) is 14.3. The number of carbonyl (C=O) groups is 1. The smallest absolute Gasteiger partial charge is 0.176 e. The second-order valence-corrected chi connectivity index (χ2v) is 7.08. The quantitative estimate of drug-likeness (QED) is 0.599. The second kappa shape index (κ2) is 8.15. The van der Waals surface area contributed by atoms with Crippen molar-refractivity contribution in [2.45, 2.75) is 27.7 Å². The molecule has 0 spiro atoms. The standard InChI is InChI=1S/C15H20BrNO2S2/c1-5-17(6-2)15(20)21-8-12(18)11-7-9(3)10(4)13(16)14(11)19/h7,19H,5-6,8H2,1-4H3. The molecule has 116 valence electrons. The largest absolute Gasteiger partial charge is 0.506 e. The van der Waals surface area contributed by atoms with Gasteiger partial charge in [-0.3, -0.25) is 4.79 Å². The highest BCUT2D eigenvalue weighted by Crippen LogP contribution is 2.34. The number of carbonyl (C=O) groups excluding carboxylic acids is 1. The van der Waals surface area contributed by atoms with Crippen molar-refractivity contribution < 1.29 is 9.90 Å². The second-order valence-electron chi connectivity index (χ2n) is 4.68. The summed E-state index contributed by atoms with van der Waals surface area (Å²) in [6, 6.07) is 1.73. The molecule has 0 atom stereocenters. The minimum atomic E-state index is -0.115. The summed E-state index contributed by atoms with van der Waals surface area (Å²) in [5.74, 6) is 0.131. The van der Waals surface area contributed by atoms with Crippen LogP contribution < -0.4 is 0 Å². The molecule has 0 saturated carbocycles. The summed E-state index contributed by atoms with van der Waals surface area (Å²) in [6.45, 7) is 9.55. The van der Waals surface area contributed by atoms with Crippen molar-refractivity contribution in [1.82, 2.24) is 4.90 Å². The predicted octanol–water partition coefficient (Wildman–Crippen LogP) is 4.31. The molecule has 0 unspecified atom stereocenters. The minimum absolute atomic E-state index is 0.0115. The zero-order chi connectivity index (χ0) is 16.2. The molecule has 0 bridgehead atoms. The Morgan fingerprint density at radius 2 is 1.95 bits per heavy atom. The number of thioether (sulfide) groups is 1. The van der Waals surface area contributed by atoms with E-state index >= 15 is 0 Å². The molecule has 0 aromatic heterocycles. The molecule has 0 fully saturated rings. The van der Waals surface area contributed by atoms with E-state index in [1.54, 1.807) is 6.07 Å². The fourth-order valence-electron chi connectivity index (χ4n) is 1.85. The third-order valence-electron chi connectivity index (χ3n) is 3.39. The van der Waals surface area contributed by atoms with Gasteiger partial charge in [-0.15, -0.1) is 0 Å². The van der Waals surface area contributed by atoms with Gasteiger partial charge >= 0.3 is 0 Å². The highest BCUT2D eigenvalue weighted by molar-refractivity contribution is 9.10. The first kappa shape index (κ1) is 18.5. The highest BCUT2D eigenvalue weighted by Gasteiger charge is 2.18. The van der Waals surface area contributed by atoms with Crippen molar-refractivity contribution in [2.24, 2.45) is 0 Å². The average molecular weight is 390 g/mol. The Morgan fingerprint density at radius 3 is 2.48 bits per heavy atom. The maximum atomic E-state index is 12.3. The first-order chi connectivity index (χ1) is 9.83. The van der Waals surface area contributed by atoms with Gasteiger partial charge in [-0.1, -0.05) is 24.0 Å². The minimum Gasteiger partial charge on any atom is -0.506 e. The van der Waals surface area contributed by atoms with Crippen LogP contribution in [0.2, 0.25) is 0 Å². The van der Waals surface area contributed by atoms with Crippen molar-refractivity contribution in [3.05, 3.63) is 27.2 Å². The van der Waals surface area contributed by atoms with Crippen molar-refractivity contribution >= 4 is 50.0 Å². The van der Waals surface area contributed by atoms with Gasteiger partial charge in [-0.2, -0.15) is 0 Å². The van der Waals surface area contributed by atoms with E-state index in [1.165, 1.54) is 11.8 Å². The van der Waals surface area contributed by atoms with Crippen LogP contribution in [0.15, 0.2) is 10.5 Å². The number of rotatable bonds is 5. The molecule has 1 aromatic rings. The Labute approximate surface area is 144 Å². The van der Waals surface area contributed by atoms with Gasteiger partial charge in [0.05, 0.1) is 15.8 Å². The first-order valence-corrected chi connectivity index (χ1v) is 8.95. The highest BCUT2D eigenvalue weighted by atomic mass is 79.9. The normalized spacial score (nSPS) is 10.5. The van der Waals surface area contributed by atoms with Crippen LogP contribution in [0.3, 0.4) is 0 Å². The Kier molecular flexibility index (Phi) is 7.16. The summed E-state index contributed by atoms with van der Waals surface area (Å²) >= 11 is 9.99. The summed E-state index contributed by atoms with van der Waals surface area (Å²) in [7, 11) is 0. The lowest BCUT2D eigenvalue weighted by Crippen LogP contribution is -2.27. The van der Waals surface area contributed by atoms with Crippen molar-refractivity contribution in [1.29, 1.82) is 0 Å². The number of aromatic hydroxyl groups is 1. The van der Waals surface area contributed by atoms with Crippen LogP contribution >= 0.6 is 39.9 Å². The molecule has 6 heteroatoms. The number of halogens is 1. The number of hydrogen-bond donors (Lipinski definition) is 1. The van der Waals surface area contributed by atoms with Crippen LogP contribution in [0, 0.1) is 13.8 Å². The lowest BCUT2D eigenvalue weighted by Gasteiger charge is -2.20. The zero-order valence-electron chi connectivity index (χ0n) is 12.7. The van der Waals surface area contributed by atoms with Crippen LogP contribution in [-0.2, 0) is 0 Å². The summed E-state index contributed by atoms with van der Waals surface area (Å²) in [6.07, 6.45) is 0. The number of phenolic OH excluding ortho intramolecular Hbond substituents is 1. The van der Waals surface area contributed by atoms with E-state index in [0.29, 0.717) is 10.0 Å². The maximum Gasteiger partial charge on any atom is 0.176 e. The molecule has 0 radical (unpaired) electrons. The predicted molar refractivity (Wildman–Crippen MR) is 97.6 cm³/mol. The number of phenols is 1. The summed E-state index contributed by atoms with van der Waals surface area (Å²) < 4.78 is 1.30. The SMILES string of the molecule is CCN(CC)C(=S)SCC(=O)c1cc(C)c(C)c(Br)c1O. The van der Waals surface area contributed by atoms with Crippen LogP contribution in [-0.4, -0.2) is 39.0 Å². The number of aryl methyl sites for hydroxylation is 1. The topological polar surface area (TPSA) is 40.5 Å². The molecule has 21 heavy (non-hydrogen) atoms. The lowest BCUT2D eigenvalue weighted by molar-refractivity contribution is 0.102. The van der Waals surface area contributed by atoms with E-state index in [0.717, 1.165) is 28.5 Å². The zero-order valence-corrected chi connectivity index (χ0v) is 15.9. The molecule has 0 saturated heterocycles. The van der Waals surface area contributed by atoms with Crippen LogP contribution in [0.4, 0.5) is 0 Å². The number of ketones is 1. The van der Waals surface area contributed by atoms with E-state index < -0.39 is 0 Å². The van der Waals surface area contributed by atoms with Crippen LogP contribution in [0.1, 0.15) is 35.3 Å². The Balaban J connectivity index is 2.84. The van der Waals surface area contributed by atoms with Crippen molar-refractivity contribution in [3.8, 4) is 5.75 Å². The molecule has 1 aromatic carbocycles. The van der Waals surface area contributed by atoms with Gasteiger partial charge < -0.3 is 10.0 Å². The van der Waals surface area contributed by atoms with E-state index in [4.69, 9.17) is 12.2 Å². The van der Waals surface area contributed by atoms with Crippen LogP contribution in [0.5, 0.6) is 5.75 Å². The maximum absolute atomic E-state index is 12.3. The Hall–Kier alpha value is -0.590. The third kappa shape index (κ3) is 4.44. The molecule has 0 aliphatic carbocycles. The third-order valence-corrected chi connectivity index (χ3v) is 5.89. The number of benzene rings is 1. The molecular formula is C15H20BrNO2S2. The van der Waals surface area contributed by atoms with Gasteiger partial charge in [0.15, 0.2) is 5.78 Å². The van der Waals surface area contributed by atoms with Crippen molar-refractivity contribution in [2.75, 3.05) is 18.8 Å². The monoisotopic (exact) mass is 389 g/mol. The Morgan fingerprint density at radius 1 is 1.38 bits per heavy atom. The first-order valence-electron chi connectivity index (χ1n) is 6.76. The number of hydrogen-bond acceptors (Lipinski definition) is 4. The molecule has 0 amide bonds. The van der Waals surface area contributed by atoms with Gasteiger partial charge in [0.1, 0.15) is 10.1 Å². The lowest BCUT2D eigenvalue weighted by atomic mass is 10.0. The molecular weight excluding hydrogens is 370 g/mol. The molecule has 1 rings (SSSR count). The average Bonchev–Trinajstić information content (AvgIpc) is 2.47. The van der Waals surface area contributed by atoms with Crippen LogP contribution in [0.25, 0.3) is 0 Å². The fraction of sp³-hybridized carbons (Fsp3) is 0.467. The van der Waals surface area contributed by atoms with E-state index in [-0.39, 0.29) is 17.3 Å². The van der Waals surface area contributed by atoms with Gasteiger partial charge in [0.2, 0.25) is 0 Å². The van der Waals surface area contributed by atoms with Gasteiger partial charge in [0.25, 0.3) is 0 Å². The summed E-state index contributed by atoms with van der Waals surface area (Å²) in [5.41, 5.74) is 2.26. The molecule has 0 aliphatic rings. The number of thiocarbonyl (C=S) groups is 1. The molecule has 0 heterocycles. The van der Waals surface area contributed by atoms with E-state index in [9.17, 15) is 9.90 Å². The van der Waals surface area contributed by atoms with Gasteiger partial charge in [-0.05, 0) is 60.8 Å². The van der Waals surface area contributed by atoms with Gasteiger partial charge in [-0.25, -0.2) is 0 Å². The number of nitrogens with zero attached hydrogens (tertiary/aromatic N) is 1. The number of Topliss-reactive ketones (excluding diaryl/α,β-unsaturated/α-hetero) is 1. The van der Waals surface area contributed by atoms with Gasteiger partial charge in [0, 0.05) is 13.1 Å². The molecule has 0 aliphatic heterocycles. The summed E-state index contributed by atoms with van der Waals surface area (Å²) in [5, 5.41) is 10.1. The van der Waals surface area contributed by atoms with E-state index in [1.807, 2.05) is 32.6 Å². The fourth-order valence-corrected chi connectivity index (χ4v) is 3.66.